The third kappa shape index (κ3) is 3.26. The second-order valence-corrected chi connectivity index (χ2v) is 8.11. The summed E-state index contributed by atoms with van der Waals surface area (Å²) < 4.78 is 13.2. The summed E-state index contributed by atoms with van der Waals surface area (Å²) >= 11 is 0. The molecule has 1 aromatic heterocycles. The standard InChI is InChI=1S/C21H26FN3O/c1-14(2)20-23-11-15(12-24-20)13-25-18-7-8-19(25)10-21(26,9-18)16-3-5-17(22)6-4-16/h3-6,11-12,14,18-19,26H,7-10,13H2,1-2H3/t18-,19+,21?. The number of halogens is 1. The second kappa shape index (κ2) is 6.71. The molecule has 3 atom stereocenters. The number of piperidine rings is 1. The highest BCUT2D eigenvalue weighted by Crippen LogP contribution is 2.46. The van der Waals surface area contributed by atoms with Crippen LogP contribution in [-0.4, -0.2) is 32.1 Å². The summed E-state index contributed by atoms with van der Waals surface area (Å²) in [6, 6.07) is 7.01. The van der Waals surface area contributed by atoms with Crippen LogP contribution in [0, 0.1) is 5.82 Å². The van der Waals surface area contributed by atoms with Crippen LogP contribution in [0.1, 0.15) is 62.4 Å². The first-order valence-corrected chi connectivity index (χ1v) is 9.49. The molecule has 0 amide bonds. The van der Waals surface area contributed by atoms with Gasteiger partial charge in [-0.1, -0.05) is 26.0 Å². The average Bonchev–Trinajstić information content (AvgIpc) is 2.86. The highest BCUT2D eigenvalue weighted by Gasteiger charge is 2.48. The van der Waals surface area contributed by atoms with E-state index >= 15 is 0 Å². The van der Waals surface area contributed by atoms with Gasteiger partial charge >= 0.3 is 0 Å². The summed E-state index contributed by atoms with van der Waals surface area (Å²) in [6.07, 6.45) is 7.45. The molecule has 2 saturated heterocycles. The van der Waals surface area contributed by atoms with Gasteiger partial charge in [0.2, 0.25) is 0 Å². The highest BCUT2D eigenvalue weighted by atomic mass is 19.1. The molecular weight excluding hydrogens is 329 g/mol. The van der Waals surface area contributed by atoms with Crippen LogP contribution in [0.5, 0.6) is 0 Å². The van der Waals surface area contributed by atoms with Gasteiger partial charge in [0, 0.05) is 42.5 Å². The minimum atomic E-state index is -0.853. The summed E-state index contributed by atoms with van der Waals surface area (Å²) in [4.78, 5) is 11.4. The van der Waals surface area contributed by atoms with E-state index in [2.05, 4.69) is 28.7 Å². The fourth-order valence-electron chi connectivity index (χ4n) is 4.53. The lowest BCUT2D eigenvalue weighted by Gasteiger charge is -2.44. The molecular formula is C21H26FN3O. The number of hydrogen-bond acceptors (Lipinski definition) is 4. The van der Waals surface area contributed by atoms with Crippen molar-refractivity contribution < 1.29 is 9.50 Å². The monoisotopic (exact) mass is 355 g/mol. The van der Waals surface area contributed by atoms with Gasteiger partial charge in [-0.3, -0.25) is 4.90 Å². The van der Waals surface area contributed by atoms with Gasteiger partial charge in [-0.05, 0) is 43.4 Å². The molecule has 5 heteroatoms. The molecule has 2 aromatic rings. The summed E-state index contributed by atoms with van der Waals surface area (Å²) in [6.45, 7) is 5.01. The van der Waals surface area contributed by atoms with Gasteiger partial charge in [0.1, 0.15) is 11.6 Å². The number of aliphatic hydroxyl groups is 1. The lowest BCUT2D eigenvalue weighted by atomic mass is 9.80. The normalized spacial score (nSPS) is 28.7. The zero-order valence-corrected chi connectivity index (χ0v) is 15.4. The van der Waals surface area contributed by atoms with Crippen molar-refractivity contribution in [1.82, 2.24) is 14.9 Å². The van der Waals surface area contributed by atoms with E-state index in [1.54, 1.807) is 12.1 Å². The Hall–Kier alpha value is -1.85. The first kappa shape index (κ1) is 17.6. The van der Waals surface area contributed by atoms with Crippen LogP contribution in [0.15, 0.2) is 36.7 Å². The average molecular weight is 355 g/mol. The van der Waals surface area contributed by atoms with Gasteiger partial charge in [-0.2, -0.15) is 0 Å². The zero-order valence-electron chi connectivity index (χ0n) is 15.4. The lowest BCUT2D eigenvalue weighted by molar-refractivity contribution is -0.0595. The smallest absolute Gasteiger partial charge is 0.130 e. The Morgan fingerprint density at radius 2 is 1.69 bits per heavy atom. The SMILES string of the molecule is CC(C)c1ncc(CN2[C@@H]3CC[C@H]2CC(O)(c2ccc(F)cc2)C3)cn1. The van der Waals surface area contributed by atoms with Crippen LogP contribution in [-0.2, 0) is 12.1 Å². The van der Waals surface area contributed by atoms with Gasteiger partial charge in [0.05, 0.1) is 5.60 Å². The van der Waals surface area contributed by atoms with Crippen molar-refractivity contribution >= 4 is 0 Å². The van der Waals surface area contributed by atoms with Crippen molar-refractivity contribution in [2.45, 2.75) is 69.7 Å². The van der Waals surface area contributed by atoms with Crippen LogP contribution < -0.4 is 0 Å². The van der Waals surface area contributed by atoms with Crippen molar-refractivity contribution in [3.8, 4) is 0 Å². The Balaban J connectivity index is 1.49. The predicted octanol–water partition coefficient (Wildman–Crippen LogP) is 3.75. The topological polar surface area (TPSA) is 49.2 Å². The molecule has 0 saturated carbocycles. The summed E-state index contributed by atoms with van der Waals surface area (Å²) in [5.41, 5.74) is 1.10. The van der Waals surface area contributed by atoms with Crippen LogP contribution in [0.25, 0.3) is 0 Å². The minimum absolute atomic E-state index is 0.261. The molecule has 0 radical (unpaired) electrons. The third-order valence-corrected chi connectivity index (χ3v) is 5.91. The van der Waals surface area contributed by atoms with E-state index < -0.39 is 5.60 Å². The van der Waals surface area contributed by atoms with E-state index in [9.17, 15) is 9.50 Å². The lowest BCUT2D eigenvalue weighted by Crippen LogP contribution is -2.49. The minimum Gasteiger partial charge on any atom is -0.385 e. The molecule has 1 unspecified atom stereocenters. The number of aromatic nitrogens is 2. The summed E-state index contributed by atoms with van der Waals surface area (Å²) in [7, 11) is 0. The van der Waals surface area contributed by atoms with Crippen LogP contribution in [0.2, 0.25) is 0 Å². The maximum absolute atomic E-state index is 13.2. The summed E-state index contributed by atoms with van der Waals surface area (Å²) in [5.74, 6) is 0.949. The molecule has 4 rings (SSSR count). The number of nitrogens with zero attached hydrogens (tertiary/aromatic N) is 3. The molecule has 2 aliphatic rings. The number of hydrogen-bond donors (Lipinski definition) is 1. The summed E-state index contributed by atoms with van der Waals surface area (Å²) in [5, 5.41) is 11.2. The molecule has 3 heterocycles. The molecule has 0 spiro atoms. The quantitative estimate of drug-likeness (QED) is 0.907. The van der Waals surface area contributed by atoms with Gasteiger partial charge in [-0.25, -0.2) is 14.4 Å². The molecule has 4 nitrogen and oxygen atoms in total. The predicted molar refractivity (Wildman–Crippen MR) is 98.0 cm³/mol. The molecule has 26 heavy (non-hydrogen) atoms. The largest absolute Gasteiger partial charge is 0.385 e. The molecule has 0 aliphatic carbocycles. The van der Waals surface area contributed by atoms with E-state index in [4.69, 9.17) is 0 Å². The van der Waals surface area contributed by atoms with E-state index in [1.807, 2.05) is 12.4 Å². The van der Waals surface area contributed by atoms with E-state index in [0.717, 1.165) is 36.3 Å². The Bertz CT molecular complexity index is 746. The molecule has 2 aliphatic heterocycles. The van der Waals surface area contributed by atoms with Crippen LogP contribution in [0.4, 0.5) is 4.39 Å². The maximum atomic E-state index is 13.2. The molecule has 138 valence electrons. The molecule has 1 N–H and O–H groups in total. The van der Waals surface area contributed by atoms with Crippen molar-refractivity contribution in [3.63, 3.8) is 0 Å². The maximum Gasteiger partial charge on any atom is 0.130 e. The first-order valence-electron chi connectivity index (χ1n) is 9.49. The highest BCUT2D eigenvalue weighted by molar-refractivity contribution is 5.26. The number of fused-ring (bicyclic) bond motifs is 2. The first-order chi connectivity index (χ1) is 12.4. The number of rotatable bonds is 4. The van der Waals surface area contributed by atoms with Crippen molar-refractivity contribution in [2.75, 3.05) is 0 Å². The van der Waals surface area contributed by atoms with E-state index in [0.29, 0.717) is 30.8 Å². The zero-order chi connectivity index (χ0) is 18.3. The second-order valence-electron chi connectivity index (χ2n) is 8.11. The molecule has 2 bridgehead atoms. The van der Waals surface area contributed by atoms with Gasteiger partial charge < -0.3 is 5.11 Å². The van der Waals surface area contributed by atoms with Crippen molar-refractivity contribution in [3.05, 3.63) is 59.4 Å². The van der Waals surface area contributed by atoms with Gasteiger partial charge in [0.25, 0.3) is 0 Å². The van der Waals surface area contributed by atoms with Crippen LogP contribution in [0.3, 0.4) is 0 Å². The van der Waals surface area contributed by atoms with Crippen molar-refractivity contribution in [2.24, 2.45) is 0 Å². The Morgan fingerprint density at radius 1 is 1.12 bits per heavy atom. The fraction of sp³-hybridized carbons (Fsp3) is 0.524. The third-order valence-electron chi connectivity index (χ3n) is 5.91. The Kier molecular flexibility index (Phi) is 4.53. The Morgan fingerprint density at radius 3 is 2.23 bits per heavy atom. The van der Waals surface area contributed by atoms with Gasteiger partial charge in [-0.15, -0.1) is 0 Å². The van der Waals surface area contributed by atoms with E-state index in [-0.39, 0.29) is 5.82 Å². The van der Waals surface area contributed by atoms with Gasteiger partial charge in [0.15, 0.2) is 0 Å². The number of benzene rings is 1. The Labute approximate surface area is 154 Å². The molecule has 1 aromatic carbocycles. The van der Waals surface area contributed by atoms with Crippen molar-refractivity contribution in [1.29, 1.82) is 0 Å². The fourth-order valence-corrected chi connectivity index (χ4v) is 4.53. The van der Waals surface area contributed by atoms with E-state index in [1.165, 1.54) is 12.1 Å². The molecule has 2 fully saturated rings. The van der Waals surface area contributed by atoms with Crippen LogP contribution >= 0.6 is 0 Å².